The van der Waals surface area contributed by atoms with Gasteiger partial charge in [-0.25, -0.2) is 4.79 Å². The number of aliphatic hydroxyl groups excluding tert-OH is 2. The first-order valence-electron chi connectivity index (χ1n) is 16.9. The average Bonchev–Trinajstić information content (AvgIpc) is 3.88. The minimum Gasteiger partial charge on any atom is -0.462 e. The number of carbonyl (C=O) groups is 5. The van der Waals surface area contributed by atoms with Crippen LogP contribution in [0.1, 0.15) is 61.8 Å². The van der Waals surface area contributed by atoms with Crippen LogP contribution in [0.15, 0.2) is 0 Å². The second-order valence-corrected chi connectivity index (χ2v) is 16.5. The van der Waals surface area contributed by atoms with Gasteiger partial charge in [-0.3, -0.25) is 19.2 Å². The Morgan fingerprint density at radius 1 is 0.833 bits per heavy atom. The minimum atomic E-state index is -2.13. The standard InChI is InChI=1S/C34H44O14/c1-10-17-20(32(7)33(8,42)29(41)48-34(32)27(10)47-34)24(43-11(2)35)18-16-19(25(44-12(3)36)28(31(17,18)6)45-13(4)37)30(5)14(21(38)22(16)39)9-15-23(46-15)26(30)40/h10,14-20,22-28,39-40,42H,9H2,1-8H3/t10-,14+,15-,16?,17-,18+,19?,20-,22?,23-,24+,25-,26-,27+,28-,30-,31+,32-,33+,34-/m0/s1. The van der Waals surface area contributed by atoms with Crippen LogP contribution >= 0.6 is 0 Å². The molecule has 0 aromatic carbocycles. The van der Waals surface area contributed by atoms with Gasteiger partial charge in [0.25, 0.3) is 0 Å². The summed E-state index contributed by atoms with van der Waals surface area (Å²) in [6.45, 7) is 12.1. The van der Waals surface area contributed by atoms with Crippen molar-refractivity contribution in [3.8, 4) is 0 Å². The highest BCUT2D eigenvalue weighted by molar-refractivity contribution is 5.88. The summed E-state index contributed by atoms with van der Waals surface area (Å²) in [5.41, 5.74) is -6.30. The monoisotopic (exact) mass is 676 g/mol. The van der Waals surface area contributed by atoms with E-state index in [2.05, 4.69) is 0 Å². The highest BCUT2D eigenvalue weighted by Gasteiger charge is 2.93. The van der Waals surface area contributed by atoms with Crippen LogP contribution in [0.5, 0.6) is 0 Å². The van der Waals surface area contributed by atoms with Gasteiger partial charge in [-0.2, -0.15) is 0 Å². The van der Waals surface area contributed by atoms with Gasteiger partial charge in [0.2, 0.25) is 5.79 Å². The predicted molar refractivity (Wildman–Crippen MR) is 156 cm³/mol. The maximum absolute atomic E-state index is 14.3. The van der Waals surface area contributed by atoms with Crippen molar-refractivity contribution in [2.75, 3.05) is 0 Å². The molecule has 5 aliphatic carbocycles. The van der Waals surface area contributed by atoms with E-state index in [-0.39, 0.29) is 12.5 Å². The fourth-order valence-electron chi connectivity index (χ4n) is 12.8. The number of esters is 4. The number of hydrogen-bond donors (Lipinski definition) is 3. The molecule has 264 valence electrons. The van der Waals surface area contributed by atoms with Gasteiger partial charge >= 0.3 is 23.9 Å². The van der Waals surface area contributed by atoms with E-state index in [1.807, 2.05) is 13.8 Å². The van der Waals surface area contributed by atoms with Crippen LogP contribution in [0.3, 0.4) is 0 Å². The van der Waals surface area contributed by atoms with Crippen LogP contribution < -0.4 is 0 Å². The normalized spacial score (nSPS) is 59.6. The number of fused-ring (bicyclic) bond motifs is 9. The van der Waals surface area contributed by atoms with Crippen LogP contribution in [0.4, 0.5) is 0 Å². The Morgan fingerprint density at radius 3 is 2.02 bits per heavy atom. The fraction of sp³-hybridized carbons (Fsp3) is 0.853. The number of ketones is 1. The Hall–Kier alpha value is -2.65. The Labute approximate surface area is 277 Å². The maximum Gasteiger partial charge on any atom is 0.341 e. The van der Waals surface area contributed by atoms with Crippen LogP contribution in [-0.2, 0) is 52.4 Å². The van der Waals surface area contributed by atoms with Gasteiger partial charge in [-0.05, 0) is 32.1 Å². The number of carbonyl (C=O) groups excluding carboxylic acids is 5. The lowest BCUT2D eigenvalue weighted by Crippen LogP contribution is -2.74. The van der Waals surface area contributed by atoms with Gasteiger partial charge in [0, 0.05) is 61.2 Å². The molecule has 0 amide bonds. The summed E-state index contributed by atoms with van der Waals surface area (Å²) in [5.74, 6) is -11.0. The Balaban J connectivity index is 1.42. The lowest BCUT2D eigenvalue weighted by molar-refractivity contribution is -0.272. The number of hydrogen-bond acceptors (Lipinski definition) is 14. The molecule has 8 rings (SSSR count). The molecule has 3 heterocycles. The third kappa shape index (κ3) is 3.39. The first-order chi connectivity index (χ1) is 22.2. The van der Waals surface area contributed by atoms with E-state index in [9.17, 15) is 39.3 Å². The number of epoxide rings is 2. The molecule has 0 bridgehead atoms. The molecule has 0 radical (unpaired) electrons. The average molecular weight is 677 g/mol. The van der Waals surface area contributed by atoms with Crippen molar-refractivity contribution in [2.24, 2.45) is 57.7 Å². The molecule has 48 heavy (non-hydrogen) atoms. The second-order valence-electron chi connectivity index (χ2n) is 16.5. The molecular weight excluding hydrogens is 632 g/mol. The first-order valence-corrected chi connectivity index (χ1v) is 16.9. The summed E-state index contributed by atoms with van der Waals surface area (Å²) in [5, 5.41) is 36.1. The van der Waals surface area contributed by atoms with Crippen molar-refractivity contribution >= 4 is 29.7 Å². The quantitative estimate of drug-likeness (QED) is 0.205. The maximum atomic E-state index is 14.3. The largest absolute Gasteiger partial charge is 0.462 e. The third-order valence-corrected chi connectivity index (χ3v) is 14.7. The van der Waals surface area contributed by atoms with Gasteiger partial charge < -0.3 is 43.7 Å². The molecule has 14 nitrogen and oxygen atoms in total. The van der Waals surface area contributed by atoms with Gasteiger partial charge in [-0.1, -0.05) is 20.8 Å². The topological polar surface area (TPSA) is 208 Å². The van der Waals surface area contributed by atoms with Gasteiger partial charge in [0.1, 0.15) is 36.6 Å². The third-order valence-electron chi connectivity index (χ3n) is 14.7. The smallest absolute Gasteiger partial charge is 0.341 e. The van der Waals surface area contributed by atoms with E-state index in [1.54, 1.807) is 13.8 Å². The number of Topliss-reactive ketones (excluding diaryl/α,β-unsaturated/α-hetero) is 1. The number of ether oxygens (including phenoxy) is 6. The second kappa shape index (κ2) is 9.36. The van der Waals surface area contributed by atoms with Gasteiger partial charge in [-0.15, -0.1) is 0 Å². The Morgan fingerprint density at radius 2 is 1.42 bits per heavy atom. The van der Waals surface area contributed by atoms with E-state index in [0.717, 1.165) is 0 Å². The van der Waals surface area contributed by atoms with Crippen LogP contribution in [0.25, 0.3) is 0 Å². The summed E-state index contributed by atoms with van der Waals surface area (Å²) >= 11 is 0. The van der Waals surface area contributed by atoms with Crippen molar-refractivity contribution in [3.05, 3.63) is 0 Å². The van der Waals surface area contributed by atoms with E-state index in [0.29, 0.717) is 0 Å². The Kier molecular flexibility index (Phi) is 6.35. The van der Waals surface area contributed by atoms with E-state index in [1.165, 1.54) is 27.7 Å². The summed E-state index contributed by atoms with van der Waals surface area (Å²) in [4.78, 5) is 66.8. The van der Waals surface area contributed by atoms with Crippen LogP contribution in [0.2, 0.25) is 0 Å². The molecule has 0 aromatic heterocycles. The summed E-state index contributed by atoms with van der Waals surface area (Å²) in [7, 11) is 0. The molecule has 3 saturated heterocycles. The minimum absolute atomic E-state index is 0.238. The molecular formula is C34H44O14. The highest BCUT2D eigenvalue weighted by atomic mass is 16.8. The van der Waals surface area contributed by atoms with Gasteiger partial charge in [0.15, 0.2) is 11.4 Å². The molecule has 3 N–H and O–H groups in total. The van der Waals surface area contributed by atoms with Crippen molar-refractivity contribution in [2.45, 2.75) is 122 Å². The molecule has 0 aromatic rings. The van der Waals surface area contributed by atoms with Crippen molar-refractivity contribution in [1.29, 1.82) is 0 Å². The summed E-state index contributed by atoms with van der Waals surface area (Å²) in [6, 6.07) is 0. The van der Waals surface area contributed by atoms with Crippen molar-refractivity contribution in [3.63, 3.8) is 0 Å². The molecule has 3 aliphatic heterocycles. The summed E-state index contributed by atoms with van der Waals surface area (Å²) < 4.78 is 36.4. The molecule has 3 unspecified atom stereocenters. The molecule has 5 saturated carbocycles. The summed E-state index contributed by atoms with van der Waals surface area (Å²) in [6.07, 6.45) is -7.93. The molecule has 8 fully saturated rings. The van der Waals surface area contributed by atoms with E-state index < -0.39 is 141 Å². The highest BCUT2D eigenvalue weighted by Crippen LogP contribution is 2.81. The number of rotatable bonds is 3. The molecule has 20 atom stereocenters. The SMILES string of the molecule is CC(=O)O[C@H]1[C@@H]2[C@H]([C@H](C)[C@H]3O[C@]34OC(=O)[C@@](C)(O)[C@]24C)[C@]2(C)[C@@H]1C1C(O)C(=O)[C@H]3C[C@@H]4O[C@@H]4[C@H](O)[C@]3(C)C1[C@H](OC(C)=O)[C@@H]2OC(C)=O. The number of aliphatic hydroxyl groups is 3. The zero-order chi connectivity index (χ0) is 35.0. The molecule has 8 aliphatic rings. The lowest BCUT2D eigenvalue weighted by atomic mass is 9.41. The predicted octanol–water partition coefficient (Wildman–Crippen LogP) is 0.0530. The zero-order valence-electron chi connectivity index (χ0n) is 28.2. The fourth-order valence-corrected chi connectivity index (χ4v) is 12.8. The van der Waals surface area contributed by atoms with E-state index in [4.69, 9.17) is 28.4 Å². The molecule has 14 heteroatoms. The van der Waals surface area contributed by atoms with Crippen molar-refractivity contribution in [1.82, 2.24) is 0 Å². The first kappa shape index (κ1) is 32.5. The van der Waals surface area contributed by atoms with Crippen molar-refractivity contribution < 1.29 is 67.7 Å². The Bertz CT molecular complexity index is 1540. The van der Waals surface area contributed by atoms with E-state index >= 15 is 0 Å². The lowest BCUT2D eigenvalue weighted by Gasteiger charge is -2.65. The zero-order valence-corrected chi connectivity index (χ0v) is 28.2. The van der Waals surface area contributed by atoms with Gasteiger partial charge in [0.05, 0.1) is 17.6 Å². The molecule has 1 spiro atoms. The van der Waals surface area contributed by atoms with Crippen LogP contribution in [-0.4, -0.2) is 105 Å². The van der Waals surface area contributed by atoms with Crippen LogP contribution in [0, 0.1) is 57.7 Å².